The normalized spacial score (nSPS) is 16.5. The highest BCUT2D eigenvalue weighted by molar-refractivity contribution is 5.95. The van der Waals surface area contributed by atoms with Crippen LogP contribution in [-0.2, 0) is 0 Å². The third-order valence-corrected chi connectivity index (χ3v) is 6.44. The minimum absolute atomic E-state index is 0.105. The first-order valence-electron chi connectivity index (χ1n) is 11.4. The Morgan fingerprint density at radius 2 is 1.94 bits per heavy atom. The molecule has 168 valence electrons. The van der Waals surface area contributed by atoms with E-state index in [1.54, 1.807) is 23.0 Å². The van der Waals surface area contributed by atoms with Crippen molar-refractivity contribution in [2.75, 3.05) is 37.6 Å². The van der Waals surface area contributed by atoms with Crippen LogP contribution >= 0.6 is 0 Å². The Morgan fingerprint density at radius 3 is 2.67 bits per heavy atom. The number of aryl methyl sites for hydroxylation is 1. The maximum Gasteiger partial charge on any atom is 0.265 e. The van der Waals surface area contributed by atoms with E-state index in [1.807, 2.05) is 31.2 Å². The molecule has 0 spiro atoms. The number of hydrogen-bond donors (Lipinski definition) is 1. The van der Waals surface area contributed by atoms with Crippen molar-refractivity contribution < 1.29 is 4.79 Å². The van der Waals surface area contributed by atoms with Gasteiger partial charge in [0.1, 0.15) is 6.33 Å². The van der Waals surface area contributed by atoms with Crippen LogP contribution < -0.4 is 15.8 Å². The number of rotatable bonds is 5. The van der Waals surface area contributed by atoms with E-state index in [0.29, 0.717) is 28.7 Å². The minimum Gasteiger partial charge on any atom is -0.369 e. The first-order chi connectivity index (χ1) is 16.0. The van der Waals surface area contributed by atoms with Gasteiger partial charge < -0.3 is 10.2 Å². The SMILES string of the molecule is C#CCN1CCN(c2ccc3ncn(-c4cc(C(=O)NC5CC5)ccc4C)c(=O)c3c2)CC1. The number of hydrogen-bond acceptors (Lipinski definition) is 5. The van der Waals surface area contributed by atoms with Gasteiger partial charge in [-0.25, -0.2) is 4.98 Å². The summed E-state index contributed by atoms with van der Waals surface area (Å²) in [5.41, 5.74) is 3.65. The molecule has 2 heterocycles. The summed E-state index contributed by atoms with van der Waals surface area (Å²) >= 11 is 0. The molecule has 0 bridgehead atoms. The number of carbonyl (C=O) groups excluding carboxylic acids is 1. The summed E-state index contributed by atoms with van der Waals surface area (Å²) in [6.07, 6.45) is 9.04. The highest BCUT2D eigenvalue weighted by Crippen LogP contribution is 2.23. The van der Waals surface area contributed by atoms with E-state index in [-0.39, 0.29) is 17.5 Å². The Hall–Kier alpha value is -3.63. The van der Waals surface area contributed by atoms with Crippen molar-refractivity contribution in [1.29, 1.82) is 0 Å². The van der Waals surface area contributed by atoms with E-state index in [0.717, 1.165) is 50.3 Å². The van der Waals surface area contributed by atoms with Gasteiger partial charge in [0.2, 0.25) is 0 Å². The zero-order valence-corrected chi connectivity index (χ0v) is 18.8. The van der Waals surface area contributed by atoms with Crippen LogP contribution in [0.4, 0.5) is 5.69 Å². The number of terminal acetylenes is 1. The van der Waals surface area contributed by atoms with Gasteiger partial charge in [-0.15, -0.1) is 6.42 Å². The van der Waals surface area contributed by atoms with Crippen molar-refractivity contribution in [2.24, 2.45) is 0 Å². The van der Waals surface area contributed by atoms with Crippen molar-refractivity contribution in [3.8, 4) is 18.0 Å². The number of piperazine rings is 1. The Labute approximate surface area is 193 Å². The third kappa shape index (κ3) is 4.35. The Morgan fingerprint density at radius 1 is 1.15 bits per heavy atom. The second-order valence-corrected chi connectivity index (χ2v) is 8.84. The Bertz CT molecular complexity index is 1310. The van der Waals surface area contributed by atoms with Crippen LogP contribution in [0, 0.1) is 19.3 Å². The van der Waals surface area contributed by atoms with Crippen LogP contribution in [-0.4, -0.2) is 59.1 Å². The van der Waals surface area contributed by atoms with E-state index < -0.39 is 0 Å². The molecule has 0 unspecified atom stereocenters. The molecule has 2 aliphatic rings. The molecule has 7 nitrogen and oxygen atoms in total. The lowest BCUT2D eigenvalue weighted by atomic mass is 10.1. The first kappa shape index (κ1) is 21.2. The van der Waals surface area contributed by atoms with Crippen molar-refractivity contribution in [3.05, 3.63) is 64.2 Å². The van der Waals surface area contributed by atoms with Gasteiger partial charge in [0, 0.05) is 43.5 Å². The standard InChI is InChI=1S/C26H27N5O2/c1-3-10-29-11-13-30(14-12-29)21-8-9-23-22(16-21)26(33)31(17-27-23)24-15-19(5-4-18(24)2)25(32)28-20-6-7-20/h1,4-5,8-9,15-17,20H,6-7,10-14H2,2H3,(H,28,32). The number of carbonyl (C=O) groups is 1. The summed E-state index contributed by atoms with van der Waals surface area (Å²) in [6.45, 7) is 6.11. The molecule has 1 aromatic heterocycles. The number of nitrogens with one attached hydrogen (secondary N) is 1. The average molecular weight is 442 g/mol. The smallest absolute Gasteiger partial charge is 0.265 e. The highest BCUT2D eigenvalue weighted by Gasteiger charge is 2.24. The number of aromatic nitrogens is 2. The fourth-order valence-electron chi connectivity index (χ4n) is 4.28. The largest absolute Gasteiger partial charge is 0.369 e. The molecule has 1 amide bonds. The summed E-state index contributed by atoms with van der Waals surface area (Å²) in [5.74, 6) is 2.60. The van der Waals surface area contributed by atoms with Crippen LogP contribution in [0.5, 0.6) is 0 Å². The van der Waals surface area contributed by atoms with Crippen LogP contribution in [0.25, 0.3) is 16.6 Å². The van der Waals surface area contributed by atoms with Crippen LogP contribution in [0.15, 0.2) is 47.5 Å². The summed E-state index contributed by atoms with van der Waals surface area (Å²) in [7, 11) is 0. The number of nitrogens with zero attached hydrogens (tertiary/aromatic N) is 4. The molecule has 1 N–H and O–H groups in total. The van der Waals surface area contributed by atoms with Crippen LogP contribution in [0.3, 0.4) is 0 Å². The molecule has 1 saturated heterocycles. The molecule has 5 rings (SSSR count). The van der Waals surface area contributed by atoms with Crippen LogP contribution in [0.1, 0.15) is 28.8 Å². The summed E-state index contributed by atoms with van der Waals surface area (Å²) in [6, 6.07) is 11.6. The first-order valence-corrected chi connectivity index (χ1v) is 11.4. The van der Waals surface area contributed by atoms with Crippen molar-refractivity contribution >= 4 is 22.5 Å². The van der Waals surface area contributed by atoms with E-state index in [2.05, 4.69) is 26.0 Å². The van der Waals surface area contributed by atoms with Gasteiger partial charge in [0.15, 0.2) is 0 Å². The van der Waals surface area contributed by atoms with Gasteiger partial charge in [0.25, 0.3) is 11.5 Å². The summed E-state index contributed by atoms with van der Waals surface area (Å²) in [4.78, 5) is 35.1. The predicted molar refractivity (Wildman–Crippen MR) is 130 cm³/mol. The van der Waals surface area contributed by atoms with E-state index in [9.17, 15) is 9.59 Å². The molecule has 7 heteroatoms. The minimum atomic E-state index is -0.143. The van der Waals surface area contributed by atoms with Gasteiger partial charge in [0.05, 0.1) is 23.1 Å². The lowest BCUT2D eigenvalue weighted by Gasteiger charge is -2.35. The number of benzene rings is 2. The molecule has 0 atom stereocenters. The zero-order valence-electron chi connectivity index (χ0n) is 18.8. The number of amides is 1. The van der Waals surface area contributed by atoms with E-state index in [1.165, 1.54) is 0 Å². The second-order valence-electron chi connectivity index (χ2n) is 8.84. The second kappa shape index (κ2) is 8.72. The fourth-order valence-corrected chi connectivity index (χ4v) is 4.28. The molecule has 2 aromatic carbocycles. The van der Waals surface area contributed by atoms with Crippen molar-refractivity contribution in [3.63, 3.8) is 0 Å². The zero-order chi connectivity index (χ0) is 22.9. The molecule has 33 heavy (non-hydrogen) atoms. The lowest BCUT2D eigenvalue weighted by molar-refractivity contribution is 0.0951. The fraction of sp³-hybridized carbons (Fsp3) is 0.346. The highest BCUT2D eigenvalue weighted by atomic mass is 16.1. The molecular formula is C26H27N5O2. The molecule has 0 radical (unpaired) electrons. The van der Waals surface area contributed by atoms with Gasteiger partial charge in [-0.2, -0.15) is 0 Å². The summed E-state index contributed by atoms with van der Waals surface area (Å²) < 4.78 is 1.54. The van der Waals surface area contributed by atoms with Crippen molar-refractivity contribution in [1.82, 2.24) is 19.8 Å². The van der Waals surface area contributed by atoms with E-state index in [4.69, 9.17) is 6.42 Å². The average Bonchev–Trinajstić information content (AvgIpc) is 3.64. The quantitative estimate of drug-likeness (QED) is 0.616. The van der Waals surface area contributed by atoms with E-state index >= 15 is 0 Å². The predicted octanol–water partition coefficient (Wildman–Crippen LogP) is 2.34. The van der Waals surface area contributed by atoms with Gasteiger partial charge in [-0.3, -0.25) is 19.1 Å². The summed E-state index contributed by atoms with van der Waals surface area (Å²) in [5, 5.41) is 3.57. The molecule has 1 aliphatic carbocycles. The van der Waals surface area contributed by atoms with Gasteiger partial charge in [-0.1, -0.05) is 12.0 Å². The number of fused-ring (bicyclic) bond motifs is 1. The molecule has 2 fully saturated rings. The molecular weight excluding hydrogens is 414 g/mol. The maximum absolute atomic E-state index is 13.5. The monoisotopic (exact) mass is 441 g/mol. The topological polar surface area (TPSA) is 70.5 Å². The molecule has 1 saturated carbocycles. The number of anilines is 1. The maximum atomic E-state index is 13.5. The third-order valence-electron chi connectivity index (χ3n) is 6.44. The van der Waals surface area contributed by atoms with Crippen LogP contribution in [0.2, 0.25) is 0 Å². The Balaban J connectivity index is 1.47. The molecule has 3 aromatic rings. The Kier molecular flexibility index (Phi) is 5.61. The lowest BCUT2D eigenvalue weighted by Crippen LogP contribution is -2.46. The van der Waals surface area contributed by atoms with Gasteiger partial charge >= 0.3 is 0 Å². The van der Waals surface area contributed by atoms with Gasteiger partial charge in [-0.05, 0) is 55.7 Å². The van der Waals surface area contributed by atoms with Crippen molar-refractivity contribution in [2.45, 2.75) is 25.8 Å². The molecule has 1 aliphatic heterocycles.